The van der Waals surface area contributed by atoms with Crippen LogP contribution >= 0.6 is 0 Å². The zero-order chi connectivity index (χ0) is 20.5. The number of nitriles is 1. The summed E-state index contributed by atoms with van der Waals surface area (Å²) in [5.41, 5.74) is 5.26. The van der Waals surface area contributed by atoms with Gasteiger partial charge >= 0.3 is 0 Å². The Morgan fingerprint density at radius 2 is 1.83 bits per heavy atom. The Labute approximate surface area is 175 Å². The van der Waals surface area contributed by atoms with Crippen molar-refractivity contribution in [3.8, 4) is 6.07 Å². The maximum absolute atomic E-state index is 13.4. The summed E-state index contributed by atoms with van der Waals surface area (Å²) in [6, 6.07) is 13.7. The number of aryl methyl sites for hydroxylation is 1. The second-order valence-corrected chi connectivity index (χ2v) is 8.35. The molecule has 2 aromatic heterocycles. The minimum atomic E-state index is -0.190. The van der Waals surface area contributed by atoms with Gasteiger partial charge in [-0.1, -0.05) is 6.07 Å². The van der Waals surface area contributed by atoms with E-state index in [-0.39, 0.29) is 5.82 Å². The predicted molar refractivity (Wildman–Crippen MR) is 118 cm³/mol. The summed E-state index contributed by atoms with van der Waals surface area (Å²) in [5, 5.41) is 11.4. The Morgan fingerprint density at radius 3 is 2.67 bits per heavy atom. The molecule has 152 valence electrons. The summed E-state index contributed by atoms with van der Waals surface area (Å²) in [6.07, 6.45) is 8.28. The smallest absolute Gasteiger partial charge is 0.125 e. The van der Waals surface area contributed by atoms with Gasteiger partial charge in [-0.05, 0) is 92.7 Å². The van der Waals surface area contributed by atoms with E-state index in [2.05, 4.69) is 45.3 Å². The number of nitrogens with one attached hydrogen (secondary N) is 2. The topological polar surface area (TPSA) is 58.6 Å². The monoisotopic (exact) mass is 400 g/mol. The zero-order valence-corrected chi connectivity index (χ0v) is 16.9. The summed E-state index contributed by atoms with van der Waals surface area (Å²) < 4.78 is 13.4. The normalized spacial score (nSPS) is 15.7. The first kappa shape index (κ1) is 18.9. The second-order valence-electron chi connectivity index (χ2n) is 8.35. The lowest BCUT2D eigenvalue weighted by Crippen LogP contribution is -2.33. The van der Waals surface area contributed by atoms with Gasteiger partial charge in [0.2, 0.25) is 0 Å². The number of rotatable bonds is 5. The molecule has 4 nitrogen and oxygen atoms in total. The first-order chi connectivity index (χ1) is 14.7. The van der Waals surface area contributed by atoms with Crippen LogP contribution in [0.15, 0.2) is 48.8 Å². The third-order valence-corrected chi connectivity index (χ3v) is 6.51. The Hall–Kier alpha value is -3.10. The maximum Gasteiger partial charge on any atom is 0.125 e. The number of fused-ring (bicyclic) bond motifs is 2. The van der Waals surface area contributed by atoms with E-state index in [9.17, 15) is 9.65 Å². The van der Waals surface area contributed by atoms with Crippen molar-refractivity contribution in [2.24, 2.45) is 0 Å². The van der Waals surface area contributed by atoms with Crippen LogP contribution in [0.3, 0.4) is 0 Å². The molecule has 0 unspecified atom stereocenters. The molecule has 1 aliphatic heterocycles. The van der Waals surface area contributed by atoms with E-state index in [0.29, 0.717) is 11.5 Å². The van der Waals surface area contributed by atoms with E-state index in [1.165, 1.54) is 11.1 Å². The Balaban J connectivity index is 1.15. The van der Waals surface area contributed by atoms with E-state index < -0.39 is 0 Å². The van der Waals surface area contributed by atoms with Crippen molar-refractivity contribution in [2.45, 2.75) is 31.6 Å². The van der Waals surface area contributed by atoms with Crippen molar-refractivity contribution < 1.29 is 4.39 Å². The molecule has 0 atom stereocenters. The SMILES string of the molecule is N#Cc1c[nH]c2ccc(CCCN3CCC(c4c[nH]c5cc(F)ccc45)CC3)cc12. The molecule has 1 fully saturated rings. The predicted octanol–water partition coefficient (Wildman–Crippen LogP) is 5.47. The molecule has 4 aromatic rings. The largest absolute Gasteiger partial charge is 0.361 e. The van der Waals surface area contributed by atoms with Gasteiger partial charge in [0.25, 0.3) is 0 Å². The van der Waals surface area contributed by atoms with Gasteiger partial charge in [-0.2, -0.15) is 5.26 Å². The third kappa shape index (κ3) is 3.59. The number of hydrogen-bond donors (Lipinski definition) is 2. The summed E-state index contributed by atoms with van der Waals surface area (Å²) in [6.45, 7) is 3.31. The van der Waals surface area contributed by atoms with Gasteiger partial charge in [0.15, 0.2) is 0 Å². The molecule has 5 heteroatoms. The van der Waals surface area contributed by atoms with Crippen molar-refractivity contribution in [3.05, 3.63) is 71.3 Å². The molecular formula is C25H25FN4. The molecule has 0 saturated carbocycles. The van der Waals surface area contributed by atoms with Crippen LogP contribution in [0, 0.1) is 17.1 Å². The lowest BCUT2D eigenvalue weighted by molar-refractivity contribution is 0.211. The van der Waals surface area contributed by atoms with E-state index in [1.807, 2.05) is 6.07 Å². The van der Waals surface area contributed by atoms with Gasteiger partial charge < -0.3 is 14.9 Å². The van der Waals surface area contributed by atoms with E-state index in [4.69, 9.17) is 0 Å². The molecule has 0 radical (unpaired) electrons. The summed E-state index contributed by atoms with van der Waals surface area (Å²) in [7, 11) is 0. The first-order valence-electron chi connectivity index (χ1n) is 10.7. The highest BCUT2D eigenvalue weighted by Crippen LogP contribution is 2.33. The van der Waals surface area contributed by atoms with Gasteiger partial charge in [0.1, 0.15) is 11.9 Å². The van der Waals surface area contributed by atoms with Gasteiger partial charge in [-0.15, -0.1) is 0 Å². The lowest BCUT2D eigenvalue weighted by atomic mass is 9.89. The average molecular weight is 401 g/mol. The van der Waals surface area contributed by atoms with E-state index in [1.54, 1.807) is 18.3 Å². The number of benzene rings is 2. The molecule has 0 amide bonds. The lowest BCUT2D eigenvalue weighted by Gasteiger charge is -2.32. The van der Waals surface area contributed by atoms with Crippen LogP contribution in [0.1, 0.15) is 41.9 Å². The van der Waals surface area contributed by atoms with Crippen LogP contribution < -0.4 is 0 Å². The molecule has 0 spiro atoms. The fourth-order valence-corrected chi connectivity index (χ4v) is 4.85. The van der Waals surface area contributed by atoms with Crippen molar-refractivity contribution in [3.63, 3.8) is 0 Å². The highest BCUT2D eigenvalue weighted by molar-refractivity contribution is 5.86. The number of aromatic amines is 2. The van der Waals surface area contributed by atoms with Crippen LogP contribution in [0.4, 0.5) is 4.39 Å². The van der Waals surface area contributed by atoms with Gasteiger partial charge in [0, 0.05) is 34.2 Å². The number of hydrogen-bond acceptors (Lipinski definition) is 2. The molecule has 30 heavy (non-hydrogen) atoms. The Morgan fingerprint density at radius 1 is 1.00 bits per heavy atom. The molecule has 2 aromatic carbocycles. The van der Waals surface area contributed by atoms with Gasteiger partial charge in [0.05, 0.1) is 5.56 Å². The summed E-state index contributed by atoms with van der Waals surface area (Å²) >= 11 is 0. The highest BCUT2D eigenvalue weighted by Gasteiger charge is 2.22. The minimum Gasteiger partial charge on any atom is -0.361 e. The van der Waals surface area contributed by atoms with Crippen LogP contribution in [0.5, 0.6) is 0 Å². The second kappa shape index (κ2) is 7.97. The van der Waals surface area contributed by atoms with Gasteiger partial charge in [-0.25, -0.2) is 4.39 Å². The molecule has 0 aliphatic carbocycles. The van der Waals surface area contributed by atoms with Crippen molar-refractivity contribution >= 4 is 21.8 Å². The molecular weight excluding hydrogens is 375 g/mol. The van der Waals surface area contributed by atoms with E-state index >= 15 is 0 Å². The standard InChI is InChI=1S/C25H25FN4/c26-20-4-5-21-23(16-29-25(21)13-20)18-7-10-30(11-8-18)9-1-2-17-3-6-24-22(12-17)19(14-27)15-28-24/h3-6,12-13,15-16,18,28-29H,1-2,7-11H2. The molecule has 2 N–H and O–H groups in total. The molecule has 1 aliphatic rings. The highest BCUT2D eigenvalue weighted by atomic mass is 19.1. The third-order valence-electron chi connectivity index (χ3n) is 6.51. The Kier molecular flexibility index (Phi) is 5.02. The fourth-order valence-electron chi connectivity index (χ4n) is 4.85. The van der Waals surface area contributed by atoms with Gasteiger partial charge in [-0.3, -0.25) is 0 Å². The average Bonchev–Trinajstić information content (AvgIpc) is 3.37. The number of nitrogens with zero attached hydrogens (tertiary/aromatic N) is 2. The molecule has 5 rings (SSSR count). The summed E-state index contributed by atoms with van der Waals surface area (Å²) in [5.74, 6) is 0.353. The van der Waals surface area contributed by atoms with Crippen molar-refractivity contribution in [1.29, 1.82) is 5.26 Å². The number of H-pyrrole nitrogens is 2. The molecule has 3 heterocycles. The van der Waals surface area contributed by atoms with Crippen molar-refractivity contribution in [2.75, 3.05) is 19.6 Å². The number of piperidine rings is 1. The molecule has 0 bridgehead atoms. The van der Waals surface area contributed by atoms with Crippen LogP contribution in [-0.2, 0) is 6.42 Å². The number of aromatic nitrogens is 2. The van der Waals surface area contributed by atoms with Crippen LogP contribution in [-0.4, -0.2) is 34.5 Å². The summed E-state index contributed by atoms with van der Waals surface area (Å²) in [4.78, 5) is 8.94. The van der Waals surface area contributed by atoms with Crippen molar-refractivity contribution in [1.82, 2.24) is 14.9 Å². The molecule has 1 saturated heterocycles. The quantitative estimate of drug-likeness (QED) is 0.466. The Bertz CT molecular complexity index is 1220. The van der Waals surface area contributed by atoms with E-state index in [0.717, 1.165) is 67.1 Å². The fraction of sp³-hybridized carbons (Fsp3) is 0.320. The number of likely N-dealkylation sites (tertiary alicyclic amines) is 1. The minimum absolute atomic E-state index is 0.190. The maximum atomic E-state index is 13.4. The zero-order valence-electron chi connectivity index (χ0n) is 16.9. The van der Waals surface area contributed by atoms with Crippen LogP contribution in [0.25, 0.3) is 21.8 Å². The number of halogens is 1. The van der Waals surface area contributed by atoms with Crippen LogP contribution in [0.2, 0.25) is 0 Å². The first-order valence-corrected chi connectivity index (χ1v) is 10.7.